The Bertz CT molecular complexity index is 428. The zero-order chi connectivity index (χ0) is 15.0. The van der Waals surface area contributed by atoms with Gasteiger partial charge in [-0.2, -0.15) is 0 Å². The fourth-order valence-electron chi connectivity index (χ4n) is 2.35. The molecule has 0 amide bonds. The van der Waals surface area contributed by atoms with Gasteiger partial charge >= 0.3 is 7.60 Å². The maximum absolute atomic E-state index is 10.8. The molecule has 6 heteroatoms. The van der Waals surface area contributed by atoms with Gasteiger partial charge in [0.1, 0.15) is 12.4 Å². The van der Waals surface area contributed by atoms with Crippen LogP contribution in [-0.2, 0) is 17.7 Å². The van der Waals surface area contributed by atoms with Crippen LogP contribution in [0.4, 0.5) is 0 Å². The summed E-state index contributed by atoms with van der Waals surface area (Å²) in [5.74, 6) is 0.714. The molecular weight excluding hydrogens is 275 g/mol. The minimum absolute atomic E-state index is 0.0424. The zero-order valence-electron chi connectivity index (χ0n) is 12.6. The Morgan fingerprint density at radius 1 is 1.30 bits per heavy atom. The van der Waals surface area contributed by atoms with Crippen LogP contribution in [0.1, 0.15) is 46.0 Å². The van der Waals surface area contributed by atoms with Crippen molar-refractivity contribution in [1.29, 1.82) is 0 Å². The molecule has 0 aliphatic heterocycles. The van der Waals surface area contributed by atoms with E-state index in [1.165, 1.54) is 25.7 Å². The lowest BCUT2D eigenvalue weighted by Crippen LogP contribution is -2.35. The van der Waals surface area contributed by atoms with Crippen molar-refractivity contribution >= 4 is 7.60 Å². The van der Waals surface area contributed by atoms with Crippen molar-refractivity contribution in [1.82, 2.24) is 4.57 Å². The van der Waals surface area contributed by atoms with Crippen LogP contribution in [-0.4, -0.2) is 20.5 Å². The van der Waals surface area contributed by atoms with Gasteiger partial charge in [-0.05, 0) is 25.2 Å². The van der Waals surface area contributed by atoms with Gasteiger partial charge in [0.2, 0.25) is 6.33 Å². The smallest absolute Gasteiger partial charge is 0.324 e. The standard InChI is InChI=1S/C14H27N2O3P/c1-3-5-7-14(4-2)12-16-10-9-15(13-16)8-6-11-20(17,18)19/h9-10,13-14H,3-8,11-12H2,1-2H3,(H-,17,18,19)/p+1. The third-order valence-electron chi connectivity index (χ3n) is 3.62. The molecular formula is C14H28N2O3P+. The Labute approximate surface area is 121 Å². The molecule has 1 heterocycles. The number of nitrogens with zero attached hydrogens (tertiary/aromatic N) is 2. The summed E-state index contributed by atoms with van der Waals surface area (Å²) in [5.41, 5.74) is 0. The van der Waals surface area contributed by atoms with Gasteiger partial charge in [0.25, 0.3) is 0 Å². The van der Waals surface area contributed by atoms with Crippen molar-refractivity contribution in [3.05, 3.63) is 18.7 Å². The zero-order valence-corrected chi connectivity index (χ0v) is 13.5. The quantitative estimate of drug-likeness (QED) is 0.516. The van der Waals surface area contributed by atoms with Crippen molar-refractivity contribution in [3.63, 3.8) is 0 Å². The van der Waals surface area contributed by atoms with E-state index in [1.54, 1.807) is 0 Å². The third kappa shape index (κ3) is 7.22. The molecule has 0 aliphatic carbocycles. The van der Waals surface area contributed by atoms with Gasteiger partial charge in [-0.25, -0.2) is 9.13 Å². The fraction of sp³-hybridized carbons (Fsp3) is 0.786. The van der Waals surface area contributed by atoms with Crippen LogP contribution in [0.3, 0.4) is 0 Å². The summed E-state index contributed by atoms with van der Waals surface area (Å²) in [5, 5.41) is 0. The molecule has 0 spiro atoms. The topological polar surface area (TPSA) is 66.3 Å². The highest BCUT2D eigenvalue weighted by atomic mass is 31.2. The van der Waals surface area contributed by atoms with E-state index in [2.05, 4.69) is 18.4 Å². The van der Waals surface area contributed by atoms with Crippen LogP contribution in [0.5, 0.6) is 0 Å². The predicted molar refractivity (Wildman–Crippen MR) is 79.5 cm³/mol. The molecule has 1 aromatic heterocycles. The first-order valence-corrected chi connectivity index (χ1v) is 9.33. The minimum atomic E-state index is -3.86. The summed E-state index contributed by atoms with van der Waals surface area (Å²) in [6.07, 6.45) is 11.5. The summed E-state index contributed by atoms with van der Waals surface area (Å²) in [4.78, 5) is 17.7. The Morgan fingerprint density at radius 3 is 2.65 bits per heavy atom. The lowest BCUT2D eigenvalue weighted by Gasteiger charge is -2.11. The molecule has 1 aromatic rings. The highest BCUT2D eigenvalue weighted by Gasteiger charge is 2.14. The fourth-order valence-corrected chi connectivity index (χ4v) is 2.91. The summed E-state index contributed by atoms with van der Waals surface area (Å²) < 4.78 is 15.0. The van der Waals surface area contributed by atoms with Crippen LogP contribution in [0, 0.1) is 5.92 Å². The number of aromatic nitrogens is 2. The van der Waals surface area contributed by atoms with E-state index >= 15 is 0 Å². The lowest BCUT2D eigenvalue weighted by molar-refractivity contribution is -0.703. The Hall–Kier alpha value is -0.640. The van der Waals surface area contributed by atoms with E-state index in [0.29, 0.717) is 18.9 Å². The van der Waals surface area contributed by atoms with Crippen LogP contribution in [0.2, 0.25) is 0 Å². The molecule has 0 saturated heterocycles. The molecule has 1 unspecified atom stereocenters. The highest BCUT2D eigenvalue weighted by molar-refractivity contribution is 7.51. The van der Waals surface area contributed by atoms with Crippen molar-refractivity contribution in [2.45, 2.75) is 59.0 Å². The second-order valence-corrected chi connectivity index (χ2v) is 7.28. The maximum Gasteiger partial charge on any atom is 0.325 e. The van der Waals surface area contributed by atoms with Gasteiger partial charge in [-0.3, -0.25) is 4.57 Å². The molecule has 116 valence electrons. The van der Waals surface area contributed by atoms with E-state index in [1.807, 2.05) is 23.3 Å². The van der Waals surface area contributed by atoms with E-state index in [4.69, 9.17) is 9.79 Å². The lowest BCUT2D eigenvalue weighted by atomic mass is 9.99. The molecule has 0 bridgehead atoms. The molecule has 20 heavy (non-hydrogen) atoms. The number of unbranched alkanes of at least 4 members (excludes halogenated alkanes) is 1. The average molecular weight is 303 g/mol. The van der Waals surface area contributed by atoms with Gasteiger partial charge in [0.05, 0.1) is 19.3 Å². The maximum atomic E-state index is 10.8. The Kier molecular flexibility index (Phi) is 7.49. The number of hydrogen-bond donors (Lipinski definition) is 2. The minimum Gasteiger partial charge on any atom is -0.324 e. The molecule has 0 aromatic carbocycles. The number of hydrogen-bond acceptors (Lipinski definition) is 1. The average Bonchev–Trinajstić information content (AvgIpc) is 2.80. The second-order valence-electron chi connectivity index (χ2n) is 5.51. The van der Waals surface area contributed by atoms with Gasteiger partial charge < -0.3 is 9.79 Å². The predicted octanol–water partition coefficient (Wildman–Crippen LogP) is 2.56. The Balaban J connectivity index is 2.40. The van der Waals surface area contributed by atoms with Crippen molar-refractivity contribution in [2.24, 2.45) is 5.92 Å². The first-order valence-electron chi connectivity index (χ1n) is 7.54. The van der Waals surface area contributed by atoms with Crippen LogP contribution < -0.4 is 4.57 Å². The molecule has 5 nitrogen and oxygen atoms in total. The van der Waals surface area contributed by atoms with E-state index < -0.39 is 7.60 Å². The summed E-state index contributed by atoms with van der Waals surface area (Å²) in [6.45, 7) is 6.14. The van der Waals surface area contributed by atoms with Crippen LogP contribution in [0.15, 0.2) is 18.7 Å². The first kappa shape index (κ1) is 17.4. The number of imidazole rings is 1. The van der Waals surface area contributed by atoms with E-state index in [9.17, 15) is 4.57 Å². The van der Waals surface area contributed by atoms with Gasteiger partial charge in [-0.15, -0.1) is 0 Å². The van der Waals surface area contributed by atoms with E-state index in [0.717, 1.165) is 6.54 Å². The summed E-state index contributed by atoms with van der Waals surface area (Å²) in [6, 6.07) is 0. The van der Waals surface area contributed by atoms with Crippen LogP contribution in [0.25, 0.3) is 0 Å². The largest absolute Gasteiger partial charge is 0.325 e. The number of rotatable bonds is 10. The SMILES string of the molecule is CCCCC(CC)C[n+]1ccn(CCCP(=O)(O)O)c1. The van der Waals surface area contributed by atoms with Crippen molar-refractivity contribution in [3.8, 4) is 0 Å². The van der Waals surface area contributed by atoms with Gasteiger partial charge in [-0.1, -0.05) is 26.7 Å². The third-order valence-corrected chi connectivity index (χ3v) is 4.52. The van der Waals surface area contributed by atoms with Crippen LogP contribution >= 0.6 is 7.60 Å². The Morgan fingerprint density at radius 2 is 2.05 bits per heavy atom. The van der Waals surface area contributed by atoms with Crippen molar-refractivity contribution < 1.29 is 18.9 Å². The second kappa shape index (κ2) is 8.60. The van der Waals surface area contributed by atoms with Gasteiger partial charge in [0, 0.05) is 0 Å². The monoisotopic (exact) mass is 303 g/mol. The molecule has 0 aliphatic rings. The molecule has 0 fully saturated rings. The molecule has 0 saturated carbocycles. The number of aryl methyl sites for hydroxylation is 1. The normalized spacial score (nSPS) is 13.6. The van der Waals surface area contributed by atoms with E-state index in [-0.39, 0.29) is 6.16 Å². The van der Waals surface area contributed by atoms with Gasteiger partial charge in [0.15, 0.2) is 0 Å². The van der Waals surface area contributed by atoms with Crippen molar-refractivity contribution in [2.75, 3.05) is 6.16 Å². The highest BCUT2D eigenvalue weighted by Crippen LogP contribution is 2.34. The molecule has 1 rings (SSSR count). The summed E-state index contributed by atoms with van der Waals surface area (Å²) in [7, 11) is -3.86. The first-order chi connectivity index (χ1) is 9.44. The molecule has 1 atom stereocenters. The summed E-state index contributed by atoms with van der Waals surface area (Å²) >= 11 is 0. The molecule has 2 N–H and O–H groups in total. The molecule has 0 radical (unpaired) electrons.